The summed E-state index contributed by atoms with van der Waals surface area (Å²) in [5.41, 5.74) is 11.3. The summed E-state index contributed by atoms with van der Waals surface area (Å²) in [6.45, 7) is 8.07. The van der Waals surface area contributed by atoms with Crippen LogP contribution in [-0.4, -0.2) is 23.2 Å². The summed E-state index contributed by atoms with van der Waals surface area (Å²) in [6.07, 6.45) is 6.23. The molecule has 0 fully saturated rings. The van der Waals surface area contributed by atoms with Crippen LogP contribution in [0.5, 0.6) is 0 Å². The number of nitrogens with zero attached hydrogens (tertiary/aromatic N) is 2. The van der Waals surface area contributed by atoms with Crippen LogP contribution in [0.2, 0.25) is 0 Å². The standard InChI is InChI=1S/C28H38N4O2/c1-5-9-23-13-17-25(18-14-23)21(3)29-31-27(33)11-7-8-12-28(34)32-30-22(4)26-19-15-24(10-6-2)16-20-26/h13-20H,5-12H2,1-4H3,(H,31,33)(H,32,34)/b29-21+,30-22+. The number of rotatable bonds is 13. The lowest BCUT2D eigenvalue weighted by Gasteiger charge is -2.05. The van der Waals surface area contributed by atoms with Gasteiger partial charge in [0.05, 0.1) is 11.4 Å². The van der Waals surface area contributed by atoms with Crippen LogP contribution in [0.3, 0.4) is 0 Å². The molecule has 0 radical (unpaired) electrons. The van der Waals surface area contributed by atoms with Gasteiger partial charge in [0.1, 0.15) is 0 Å². The molecule has 0 spiro atoms. The highest BCUT2D eigenvalue weighted by Crippen LogP contribution is 2.09. The second kappa shape index (κ2) is 14.8. The van der Waals surface area contributed by atoms with E-state index in [1.54, 1.807) is 0 Å². The quantitative estimate of drug-likeness (QED) is 0.233. The maximum atomic E-state index is 12.1. The minimum atomic E-state index is -0.150. The summed E-state index contributed by atoms with van der Waals surface area (Å²) in [5.74, 6) is -0.300. The second-order valence-electron chi connectivity index (χ2n) is 8.57. The zero-order valence-electron chi connectivity index (χ0n) is 21.0. The number of carbonyl (C=O) groups is 2. The van der Waals surface area contributed by atoms with Crippen LogP contribution in [-0.2, 0) is 22.4 Å². The SMILES string of the molecule is CCCc1ccc(/C(C)=N/NC(=O)CCCCC(=O)N/N=C(\C)c2ccc(CCC)cc2)cc1. The largest absolute Gasteiger partial charge is 0.273 e. The third-order valence-corrected chi connectivity index (χ3v) is 5.58. The van der Waals surface area contributed by atoms with Crippen LogP contribution in [0.25, 0.3) is 0 Å². The molecule has 0 saturated carbocycles. The average molecular weight is 463 g/mol. The minimum absolute atomic E-state index is 0.150. The molecule has 0 atom stereocenters. The van der Waals surface area contributed by atoms with Crippen molar-refractivity contribution in [2.45, 2.75) is 79.1 Å². The van der Waals surface area contributed by atoms with Crippen molar-refractivity contribution in [2.24, 2.45) is 10.2 Å². The number of hydrazone groups is 2. The van der Waals surface area contributed by atoms with E-state index in [0.717, 1.165) is 48.2 Å². The Labute approximate surface area is 203 Å². The van der Waals surface area contributed by atoms with Crippen molar-refractivity contribution >= 4 is 23.2 Å². The summed E-state index contributed by atoms with van der Waals surface area (Å²) in [4.78, 5) is 24.1. The Morgan fingerprint density at radius 2 is 1.00 bits per heavy atom. The molecule has 2 aromatic carbocycles. The molecule has 34 heavy (non-hydrogen) atoms. The third kappa shape index (κ3) is 9.69. The molecule has 6 nitrogen and oxygen atoms in total. The van der Waals surface area contributed by atoms with E-state index >= 15 is 0 Å². The van der Waals surface area contributed by atoms with E-state index < -0.39 is 0 Å². The molecule has 0 saturated heterocycles. The van der Waals surface area contributed by atoms with Crippen molar-refractivity contribution < 1.29 is 9.59 Å². The van der Waals surface area contributed by atoms with Crippen molar-refractivity contribution in [3.63, 3.8) is 0 Å². The van der Waals surface area contributed by atoms with E-state index in [2.05, 4.69) is 59.2 Å². The first-order valence-electron chi connectivity index (χ1n) is 12.3. The lowest BCUT2D eigenvalue weighted by molar-refractivity contribution is -0.123. The van der Waals surface area contributed by atoms with Crippen LogP contribution in [0, 0.1) is 0 Å². The van der Waals surface area contributed by atoms with Gasteiger partial charge >= 0.3 is 0 Å². The lowest BCUT2D eigenvalue weighted by Crippen LogP contribution is -2.20. The van der Waals surface area contributed by atoms with Gasteiger partial charge in [-0.1, -0.05) is 75.2 Å². The van der Waals surface area contributed by atoms with E-state index in [4.69, 9.17) is 0 Å². The number of amides is 2. The van der Waals surface area contributed by atoms with Gasteiger partial charge in [0.2, 0.25) is 11.8 Å². The van der Waals surface area contributed by atoms with Gasteiger partial charge in [0.15, 0.2) is 0 Å². The third-order valence-electron chi connectivity index (χ3n) is 5.58. The fourth-order valence-corrected chi connectivity index (χ4v) is 3.51. The molecule has 0 unspecified atom stereocenters. The summed E-state index contributed by atoms with van der Waals surface area (Å²) >= 11 is 0. The highest BCUT2D eigenvalue weighted by Gasteiger charge is 2.05. The van der Waals surface area contributed by atoms with E-state index in [1.165, 1.54) is 11.1 Å². The fourth-order valence-electron chi connectivity index (χ4n) is 3.51. The van der Waals surface area contributed by atoms with Crippen LogP contribution in [0.1, 0.15) is 88.5 Å². The number of benzene rings is 2. The van der Waals surface area contributed by atoms with Crippen LogP contribution < -0.4 is 10.9 Å². The van der Waals surface area contributed by atoms with Gasteiger partial charge in [-0.05, 0) is 61.8 Å². The Kier molecular flexibility index (Phi) is 11.7. The Balaban J connectivity index is 1.67. The number of carbonyl (C=O) groups excluding carboxylic acids is 2. The normalized spacial score (nSPS) is 11.9. The van der Waals surface area contributed by atoms with Gasteiger partial charge in [-0.2, -0.15) is 10.2 Å². The van der Waals surface area contributed by atoms with Gasteiger partial charge in [-0.15, -0.1) is 0 Å². The molecule has 182 valence electrons. The molecule has 2 amide bonds. The zero-order valence-corrected chi connectivity index (χ0v) is 21.0. The van der Waals surface area contributed by atoms with Crippen molar-refractivity contribution in [1.29, 1.82) is 0 Å². The van der Waals surface area contributed by atoms with E-state index in [0.29, 0.717) is 25.7 Å². The first-order valence-corrected chi connectivity index (χ1v) is 12.3. The fraction of sp³-hybridized carbons (Fsp3) is 0.429. The van der Waals surface area contributed by atoms with Gasteiger partial charge in [0, 0.05) is 12.8 Å². The van der Waals surface area contributed by atoms with Gasteiger partial charge in [-0.25, -0.2) is 10.9 Å². The molecular formula is C28H38N4O2. The molecule has 2 aromatic rings. The minimum Gasteiger partial charge on any atom is -0.273 e. The Morgan fingerprint density at radius 1 is 0.647 bits per heavy atom. The van der Waals surface area contributed by atoms with E-state index in [1.807, 2.05) is 38.1 Å². The monoisotopic (exact) mass is 462 g/mol. The predicted octanol–water partition coefficient (Wildman–Crippen LogP) is 5.53. The van der Waals surface area contributed by atoms with Crippen LogP contribution in [0.4, 0.5) is 0 Å². The van der Waals surface area contributed by atoms with E-state index in [9.17, 15) is 9.59 Å². The van der Waals surface area contributed by atoms with Gasteiger partial charge < -0.3 is 0 Å². The first kappa shape index (κ1) is 27.0. The summed E-state index contributed by atoms with van der Waals surface area (Å²) < 4.78 is 0. The molecule has 0 heterocycles. The topological polar surface area (TPSA) is 82.9 Å². The molecule has 0 aliphatic carbocycles. The average Bonchev–Trinajstić information content (AvgIpc) is 2.85. The molecule has 0 aliphatic rings. The van der Waals surface area contributed by atoms with Crippen LogP contribution >= 0.6 is 0 Å². The Hall–Kier alpha value is -3.28. The molecule has 0 bridgehead atoms. The number of hydrogen-bond donors (Lipinski definition) is 2. The highest BCUT2D eigenvalue weighted by molar-refractivity contribution is 5.99. The van der Waals surface area contributed by atoms with Crippen LogP contribution in [0.15, 0.2) is 58.7 Å². The maximum Gasteiger partial charge on any atom is 0.240 e. The number of aryl methyl sites for hydroxylation is 2. The number of nitrogens with one attached hydrogen (secondary N) is 2. The van der Waals surface area contributed by atoms with Gasteiger partial charge in [0.25, 0.3) is 0 Å². The predicted molar refractivity (Wildman–Crippen MR) is 140 cm³/mol. The Morgan fingerprint density at radius 3 is 1.32 bits per heavy atom. The summed E-state index contributed by atoms with van der Waals surface area (Å²) in [5, 5.41) is 8.39. The van der Waals surface area contributed by atoms with Crippen molar-refractivity contribution in [2.75, 3.05) is 0 Å². The molecule has 0 aromatic heterocycles. The Bertz CT molecular complexity index is 895. The molecular weight excluding hydrogens is 424 g/mol. The molecule has 2 rings (SSSR count). The molecule has 6 heteroatoms. The summed E-state index contributed by atoms with van der Waals surface area (Å²) in [6, 6.07) is 16.5. The smallest absolute Gasteiger partial charge is 0.240 e. The van der Waals surface area contributed by atoms with E-state index in [-0.39, 0.29) is 11.8 Å². The number of hydrogen-bond acceptors (Lipinski definition) is 4. The lowest BCUT2D eigenvalue weighted by atomic mass is 10.1. The van der Waals surface area contributed by atoms with Gasteiger partial charge in [-0.3, -0.25) is 9.59 Å². The number of unbranched alkanes of at least 4 members (excludes halogenated alkanes) is 1. The summed E-state index contributed by atoms with van der Waals surface area (Å²) in [7, 11) is 0. The van der Waals surface area contributed by atoms with Crippen molar-refractivity contribution in [1.82, 2.24) is 10.9 Å². The van der Waals surface area contributed by atoms with Crippen molar-refractivity contribution in [3.05, 3.63) is 70.8 Å². The molecule has 0 aliphatic heterocycles. The highest BCUT2D eigenvalue weighted by atomic mass is 16.2. The second-order valence-corrected chi connectivity index (χ2v) is 8.57. The maximum absolute atomic E-state index is 12.1. The van der Waals surface area contributed by atoms with Crippen molar-refractivity contribution in [3.8, 4) is 0 Å². The zero-order chi connectivity index (χ0) is 24.8. The molecule has 2 N–H and O–H groups in total. The first-order chi connectivity index (χ1) is 16.4.